The van der Waals surface area contributed by atoms with E-state index in [1.807, 2.05) is 24.3 Å². The Bertz CT molecular complexity index is 1180. The van der Waals surface area contributed by atoms with Gasteiger partial charge in [0.25, 0.3) is 10.0 Å². The van der Waals surface area contributed by atoms with Crippen molar-refractivity contribution < 1.29 is 13.2 Å². The van der Waals surface area contributed by atoms with Gasteiger partial charge in [0.15, 0.2) is 5.78 Å². The summed E-state index contributed by atoms with van der Waals surface area (Å²) < 4.78 is 27.5. The van der Waals surface area contributed by atoms with Gasteiger partial charge in [0, 0.05) is 29.6 Å². The average molecular weight is 437 g/mol. The Morgan fingerprint density at radius 1 is 1.00 bits per heavy atom. The van der Waals surface area contributed by atoms with Crippen LogP contribution in [-0.2, 0) is 16.4 Å². The molecule has 160 valence electrons. The summed E-state index contributed by atoms with van der Waals surface area (Å²) in [6, 6.07) is 15.3. The molecule has 1 aromatic heterocycles. The van der Waals surface area contributed by atoms with Crippen molar-refractivity contribution in [2.75, 3.05) is 4.72 Å². The summed E-state index contributed by atoms with van der Waals surface area (Å²) in [7, 11) is -3.82. The summed E-state index contributed by atoms with van der Waals surface area (Å²) >= 11 is 0. The highest BCUT2D eigenvalue weighted by atomic mass is 32.2. The number of nitrogens with zero attached hydrogens (tertiary/aromatic N) is 3. The number of aryl methyl sites for hydroxylation is 3. The Hall–Kier alpha value is -3.39. The van der Waals surface area contributed by atoms with E-state index in [4.69, 9.17) is 0 Å². The van der Waals surface area contributed by atoms with E-state index in [0.717, 1.165) is 6.42 Å². The van der Waals surface area contributed by atoms with Crippen LogP contribution < -0.4 is 4.72 Å². The standard InChI is InChI=1S/C23H24N4O3S/c1-4-18-5-7-19(8-6-18)22(28)13-14-24-20-9-11-21(12-10-20)31(29,30)27-23-25-16(2)15-17(3)26-23/h5-12,14-15H,4,13H2,1-3H3,(H,25,26,27). The summed E-state index contributed by atoms with van der Waals surface area (Å²) in [6.45, 7) is 5.60. The van der Waals surface area contributed by atoms with Gasteiger partial charge in [-0.3, -0.25) is 9.79 Å². The molecule has 0 aliphatic carbocycles. The van der Waals surface area contributed by atoms with Crippen LogP contribution in [0.1, 0.15) is 40.7 Å². The third-order valence-electron chi connectivity index (χ3n) is 4.56. The molecule has 0 aliphatic rings. The van der Waals surface area contributed by atoms with E-state index < -0.39 is 10.0 Å². The van der Waals surface area contributed by atoms with Gasteiger partial charge in [0.1, 0.15) is 0 Å². The van der Waals surface area contributed by atoms with Crippen LogP contribution in [0.5, 0.6) is 0 Å². The molecule has 0 bridgehead atoms. The van der Waals surface area contributed by atoms with Gasteiger partial charge >= 0.3 is 0 Å². The number of benzene rings is 2. The molecule has 0 aliphatic heterocycles. The summed E-state index contributed by atoms with van der Waals surface area (Å²) in [4.78, 5) is 24.8. The van der Waals surface area contributed by atoms with E-state index in [-0.39, 0.29) is 23.0 Å². The number of carbonyl (C=O) groups is 1. The van der Waals surface area contributed by atoms with Gasteiger partial charge in [0.05, 0.1) is 10.6 Å². The van der Waals surface area contributed by atoms with Crippen molar-refractivity contribution in [2.45, 2.75) is 38.5 Å². The molecular formula is C23H24N4O3S. The summed E-state index contributed by atoms with van der Waals surface area (Å²) in [6.07, 6.45) is 2.62. The Morgan fingerprint density at radius 3 is 2.19 bits per heavy atom. The molecule has 0 unspecified atom stereocenters. The van der Waals surface area contributed by atoms with Gasteiger partial charge in [-0.1, -0.05) is 31.2 Å². The first kappa shape index (κ1) is 22.3. The van der Waals surface area contributed by atoms with Gasteiger partial charge in [-0.25, -0.2) is 23.1 Å². The van der Waals surface area contributed by atoms with Crippen LogP contribution in [0.2, 0.25) is 0 Å². The minimum absolute atomic E-state index is 0.0248. The second-order valence-corrected chi connectivity index (χ2v) is 8.75. The third kappa shape index (κ3) is 6.05. The number of ketones is 1. The van der Waals surface area contributed by atoms with Gasteiger partial charge in [0.2, 0.25) is 5.95 Å². The van der Waals surface area contributed by atoms with Crippen molar-refractivity contribution >= 4 is 33.7 Å². The van der Waals surface area contributed by atoms with E-state index >= 15 is 0 Å². The van der Waals surface area contributed by atoms with Gasteiger partial charge < -0.3 is 0 Å². The smallest absolute Gasteiger partial charge is 0.264 e. The summed E-state index contributed by atoms with van der Waals surface area (Å²) in [5.74, 6) is 0.00771. The van der Waals surface area contributed by atoms with Crippen LogP contribution in [0, 0.1) is 13.8 Å². The molecule has 0 atom stereocenters. The molecule has 0 spiro atoms. The van der Waals surface area contributed by atoms with Crippen LogP contribution in [0.3, 0.4) is 0 Å². The first-order valence-electron chi connectivity index (χ1n) is 9.86. The van der Waals surface area contributed by atoms with Gasteiger partial charge in [-0.15, -0.1) is 0 Å². The zero-order valence-electron chi connectivity index (χ0n) is 17.7. The van der Waals surface area contributed by atoms with Crippen molar-refractivity contribution in [3.05, 3.63) is 77.1 Å². The fourth-order valence-corrected chi connectivity index (χ4v) is 3.88. The monoisotopic (exact) mass is 436 g/mol. The minimum Gasteiger partial charge on any atom is -0.294 e. The second kappa shape index (κ2) is 9.61. The number of aliphatic imine (C=N–C) groups is 1. The molecule has 2 aromatic carbocycles. The van der Waals surface area contributed by atoms with E-state index in [1.54, 1.807) is 32.0 Å². The highest BCUT2D eigenvalue weighted by molar-refractivity contribution is 7.92. The topological polar surface area (TPSA) is 101 Å². The quantitative estimate of drug-likeness (QED) is 0.416. The number of anilines is 1. The molecule has 0 radical (unpaired) electrons. The van der Waals surface area contributed by atoms with Crippen molar-refractivity contribution in [2.24, 2.45) is 4.99 Å². The molecule has 7 nitrogen and oxygen atoms in total. The van der Waals surface area contributed by atoms with E-state index in [2.05, 4.69) is 26.6 Å². The first-order chi connectivity index (χ1) is 14.8. The zero-order valence-corrected chi connectivity index (χ0v) is 18.5. The fraction of sp³-hybridized carbons (Fsp3) is 0.217. The molecular weight excluding hydrogens is 412 g/mol. The Morgan fingerprint density at radius 2 is 1.61 bits per heavy atom. The minimum atomic E-state index is -3.82. The molecule has 0 saturated carbocycles. The maximum Gasteiger partial charge on any atom is 0.264 e. The highest BCUT2D eigenvalue weighted by Gasteiger charge is 2.16. The van der Waals surface area contributed by atoms with Crippen molar-refractivity contribution in [3.8, 4) is 0 Å². The number of hydrogen-bond donors (Lipinski definition) is 1. The Labute approximate surface area is 182 Å². The maximum atomic E-state index is 12.6. The van der Waals surface area contributed by atoms with E-state index in [0.29, 0.717) is 22.6 Å². The molecule has 0 fully saturated rings. The zero-order chi connectivity index (χ0) is 22.4. The number of hydrogen-bond acceptors (Lipinski definition) is 6. The van der Waals surface area contributed by atoms with Crippen molar-refractivity contribution in [1.82, 2.24) is 9.97 Å². The lowest BCUT2D eigenvalue weighted by Gasteiger charge is -2.08. The lowest BCUT2D eigenvalue weighted by molar-refractivity contribution is 0.100. The molecule has 3 aromatic rings. The third-order valence-corrected chi connectivity index (χ3v) is 5.90. The molecule has 3 rings (SSSR count). The Kier molecular flexibility index (Phi) is 6.91. The largest absolute Gasteiger partial charge is 0.294 e. The SMILES string of the molecule is CCc1ccc(C(=O)CC=Nc2ccc(S(=O)(=O)Nc3nc(C)cc(C)n3)cc2)cc1. The number of sulfonamides is 1. The molecule has 0 amide bonds. The van der Waals surface area contributed by atoms with Crippen LogP contribution in [0.4, 0.5) is 11.6 Å². The molecule has 0 saturated heterocycles. The van der Waals surface area contributed by atoms with E-state index in [1.165, 1.54) is 23.9 Å². The molecule has 31 heavy (non-hydrogen) atoms. The lowest BCUT2D eigenvalue weighted by Crippen LogP contribution is -2.15. The van der Waals surface area contributed by atoms with Crippen LogP contribution in [-0.4, -0.2) is 30.4 Å². The predicted molar refractivity (Wildman–Crippen MR) is 122 cm³/mol. The van der Waals surface area contributed by atoms with Crippen molar-refractivity contribution in [3.63, 3.8) is 0 Å². The Balaban J connectivity index is 1.64. The van der Waals surface area contributed by atoms with Crippen LogP contribution in [0.25, 0.3) is 0 Å². The normalized spacial score (nSPS) is 11.6. The molecule has 1 heterocycles. The lowest BCUT2D eigenvalue weighted by atomic mass is 10.1. The number of carbonyl (C=O) groups excluding carboxylic acids is 1. The van der Waals surface area contributed by atoms with Crippen LogP contribution >= 0.6 is 0 Å². The number of Topliss-reactive ketones (excluding diaryl/α,β-unsaturated/α-hetero) is 1. The van der Waals surface area contributed by atoms with Gasteiger partial charge in [-0.05, 0) is 56.2 Å². The van der Waals surface area contributed by atoms with Crippen molar-refractivity contribution in [1.29, 1.82) is 0 Å². The number of rotatable bonds is 8. The molecule has 1 N–H and O–H groups in total. The molecule has 8 heteroatoms. The predicted octanol–water partition coefficient (Wildman–Crippen LogP) is 4.43. The maximum absolute atomic E-state index is 12.6. The second-order valence-electron chi connectivity index (χ2n) is 7.06. The van der Waals surface area contributed by atoms with E-state index in [9.17, 15) is 13.2 Å². The highest BCUT2D eigenvalue weighted by Crippen LogP contribution is 2.19. The van der Waals surface area contributed by atoms with Crippen LogP contribution in [0.15, 0.2) is 64.5 Å². The summed E-state index contributed by atoms with van der Waals surface area (Å²) in [5, 5.41) is 0. The first-order valence-corrected chi connectivity index (χ1v) is 11.3. The number of aromatic nitrogens is 2. The number of nitrogens with one attached hydrogen (secondary N) is 1. The summed E-state index contributed by atoms with van der Waals surface area (Å²) in [5.41, 5.74) is 3.72. The van der Waals surface area contributed by atoms with Gasteiger partial charge in [-0.2, -0.15) is 0 Å². The average Bonchev–Trinajstić information content (AvgIpc) is 2.73. The fourth-order valence-electron chi connectivity index (χ4n) is 2.94.